The molecule has 0 amide bonds. The Balaban J connectivity index is 3.53. The molecule has 0 saturated carbocycles. The lowest BCUT2D eigenvalue weighted by Crippen LogP contribution is -2.12. The molecule has 76 valence electrons. The maximum Gasteiger partial charge on any atom is 0.397 e. The number of hydrogen-bond donors (Lipinski definition) is 1. The van der Waals surface area contributed by atoms with Crippen LogP contribution in [0, 0.1) is 0 Å². The van der Waals surface area contributed by atoms with Crippen LogP contribution in [0.25, 0.3) is 0 Å². The van der Waals surface area contributed by atoms with Gasteiger partial charge in [0.15, 0.2) is 0 Å². The Labute approximate surface area is 76.1 Å². The fourth-order valence-electron chi connectivity index (χ4n) is 0.466. The molecule has 7 heteroatoms. The first-order valence-corrected chi connectivity index (χ1v) is 4.73. The Morgan fingerprint density at radius 1 is 1.46 bits per heavy atom. The fraction of sp³-hybridized carbons (Fsp3) is 0.500. The van der Waals surface area contributed by atoms with Crippen LogP contribution in [0.15, 0.2) is 12.2 Å². The molecule has 0 fully saturated rings. The molecule has 1 N–H and O–H groups in total. The van der Waals surface area contributed by atoms with Gasteiger partial charge in [-0.05, 0) is 6.92 Å². The predicted octanol–water partition coefficient (Wildman–Crippen LogP) is -0.0749. The van der Waals surface area contributed by atoms with Gasteiger partial charge in [-0.3, -0.25) is 4.55 Å². The normalized spacial score (nSPS) is 11.8. The van der Waals surface area contributed by atoms with Gasteiger partial charge < -0.3 is 4.74 Å². The molecule has 0 atom stereocenters. The van der Waals surface area contributed by atoms with E-state index in [1.165, 1.54) is 12.2 Å². The van der Waals surface area contributed by atoms with Gasteiger partial charge in [-0.2, -0.15) is 8.42 Å². The van der Waals surface area contributed by atoms with Crippen molar-refractivity contribution in [1.82, 2.24) is 0 Å². The number of carbonyl (C=O) groups excluding carboxylic acids is 1. The van der Waals surface area contributed by atoms with Crippen LogP contribution in [0.3, 0.4) is 0 Å². The van der Waals surface area contributed by atoms with Gasteiger partial charge in [0, 0.05) is 6.08 Å². The van der Waals surface area contributed by atoms with Gasteiger partial charge >= 0.3 is 16.4 Å². The van der Waals surface area contributed by atoms with Gasteiger partial charge in [0.25, 0.3) is 0 Å². The first kappa shape index (κ1) is 12.1. The summed E-state index contributed by atoms with van der Waals surface area (Å²) in [6, 6.07) is 0. The highest BCUT2D eigenvalue weighted by molar-refractivity contribution is 7.80. The van der Waals surface area contributed by atoms with Gasteiger partial charge in [-0.25, -0.2) is 8.98 Å². The van der Waals surface area contributed by atoms with Gasteiger partial charge in [0.2, 0.25) is 0 Å². The van der Waals surface area contributed by atoms with Crippen LogP contribution in [-0.4, -0.2) is 32.2 Å². The molecule has 0 aliphatic rings. The van der Waals surface area contributed by atoms with Gasteiger partial charge in [0.05, 0.1) is 0 Å². The molecule has 0 bridgehead atoms. The topological polar surface area (TPSA) is 89.9 Å². The van der Waals surface area contributed by atoms with Crippen LogP contribution in [0.1, 0.15) is 6.92 Å². The minimum Gasteiger partial charge on any atom is -0.460 e. The van der Waals surface area contributed by atoms with E-state index >= 15 is 0 Å². The summed E-state index contributed by atoms with van der Waals surface area (Å²) >= 11 is 0. The Hall–Kier alpha value is -0.920. The highest BCUT2D eigenvalue weighted by Crippen LogP contribution is 1.87. The summed E-state index contributed by atoms with van der Waals surface area (Å²) in [6.45, 7) is 1.00. The third-order valence-corrected chi connectivity index (χ3v) is 1.33. The minimum absolute atomic E-state index is 0.233. The minimum atomic E-state index is -4.44. The largest absolute Gasteiger partial charge is 0.460 e. The highest BCUT2D eigenvalue weighted by atomic mass is 32.3. The van der Waals surface area contributed by atoms with E-state index in [9.17, 15) is 13.2 Å². The van der Waals surface area contributed by atoms with Crippen LogP contribution in [0.5, 0.6) is 0 Å². The quantitative estimate of drug-likeness (QED) is 0.295. The summed E-state index contributed by atoms with van der Waals surface area (Å²) in [5.41, 5.74) is 0. The summed E-state index contributed by atoms with van der Waals surface area (Å²) in [7, 11) is -4.44. The van der Waals surface area contributed by atoms with Crippen molar-refractivity contribution >= 4 is 16.4 Å². The molecule has 0 rings (SSSR count). The Morgan fingerprint density at radius 2 is 2.08 bits per heavy atom. The lowest BCUT2D eigenvalue weighted by atomic mass is 10.5. The smallest absolute Gasteiger partial charge is 0.397 e. The summed E-state index contributed by atoms with van der Waals surface area (Å²) in [5, 5.41) is 0. The van der Waals surface area contributed by atoms with Gasteiger partial charge in [-0.15, -0.1) is 0 Å². The molecule has 0 unspecified atom stereocenters. The van der Waals surface area contributed by atoms with Crippen LogP contribution in [-0.2, 0) is 24.1 Å². The van der Waals surface area contributed by atoms with Crippen LogP contribution in [0.4, 0.5) is 0 Å². The van der Waals surface area contributed by atoms with Crippen molar-refractivity contribution in [3.63, 3.8) is 0 Å². The second kappa shape index (κ2) is 5.68. The standard InChI is InChI=1S/C6H10O6S/c1-2-3-6(7)11-4-5-12-13(8,9)10/h2-3H,4-5H2,1H3,(H,8,9,10). The predicted molar refractivity (Wildman–Crippen MR) is 43.3 cm³/mol. The van der Waals surface area contributed by atoms with Crippen LogP contribution >= 0.6 is 0 Å². The van der Waals surface area contributed by atoms with Crippen molar-refractivity contribution in [3.05, 3.63) is 12.2 Å². The highest BCUT2D eigenvalue weighted by Gasteiger charge is 2.04. The zero-order chi connectivity index (χ0) is 10.3. The molecule has 0 aromatic carbocycles. The number of ether oxygens (including phenoxy) is 1. The van der Waals surface area contributed by atoms with E-state index in [0.717, 1.165) is 0 Å². The monoisotopic (exact) mass is 210 g/mol. The second-order valence-electron chi connectivity index (χ2n) is 1.92. The maximum absolute atomic E-state index is 10.6. The summed E-state index contributed by atoms with van der Waals surface area (Å²) in [4.78, 5) is 10.6. The molecule has 13 heavy (non-hydrogen) atoms. The van der Waals surface area contributed by atoms with E-state index in [0.29, 0.717) is 0 Å². The van der Waals surface area contributed by atoms with Crippen molar-refractivity contribution in [3.8, 4) is 0 Å². The zero-order valence-electron chi connectivity index (χ0n) is 6.97. The summed E-state index contributed by atoms with van der Waals surface area (Å²) in [5.74, 6) is -0.596. The third-order valence-electron chi connectivity index (χ3n) is 0.863. The van der Waals surface area contributed by atoms with E-state index in [1.54, 1.807) is 6.92 Å². The maximum atomic E-state index is 10.6. The molecule has 0 spiro atoms. The third kappa shape index (κ3) is 8.99. The van der Waals surface area contributed by atoms with E-state index < -0.39 is 23.0 Å². The lowest BCUT2D eigenvalue weighted by molar-refractivity contribution is -0.138. The molecule has 6 nitrogen and oxygen atoms in total. The van der Waals surface area contributed by atoms with Gasteiger partial charge in [-0.1, -0.05) is 6.08 Å². The zero-order valence-corrected chi connectivity index (χ0v) is 7.78. The van der Waals surface area contributed by atoms with E-state index in [2.05, 4.69) is 8.92 Å². The van der Waals surface area contributed by atoms with E-state index in [4.69, 9.17) is 4.55 Å². The van der Waals surface area contributed by atoms with Crippen LogP contribution in [0.2, 0.25) is 0 Å². The average Bonchev–Trinajstić information content (AvgIpc) is 1.97. The number of esters is 1. The van der Waals surface area contributed by atoms with E-state index in [1.807, 2.05) is 0 Å². The first-order chi connectivity index (χ1) is 5.95. The first-order valence-electron chi connectivity index (χ1n) is 3.37. The molecule has 0 saturated heterocycles. The lowest BCUT2D eigenvalue weighted by Gasteiger charge is -2.00. The number of rotatable bonds is 5. The van der Waals surface area contributed by atoms with E-state index in [-0.39, 0.29) is 6.61 Å². The van der Waals surface area contributed by atoms with Gasteiger partial charge in [0.1, 0.15) is 13.2 Å². The molecule has 0 aromatic rings. The average molecular weight is 210 g/mol. The Morgan fingerprint density at radius 3 is 2.54 bits per heavy atom. The van der Waals surface area contributed by atoms with Crippen molar-refractivity contribution < 1.29 is 26.7 Å². The molecule has 0 aromatic heterocycles. The molecule has 0 heterocycles. The Kier molecular flexibility index (Phi) is 5.28. The second-order valence-corrected chi connectivity index (χ2v) is 3.01. The Bertz CT molecular complexity index is 277. The summed E-state index contributed by atoms with van der Waals surface area (Å²) in [6.07, 6.45) is 2.65. The number of hydrogen-bond acceptors (Lipinski definition) is 5. The van der Waals surface area contributed by atoms with Crippen LogP contribution < -0.4 is 0 Å². The van der Waals surface area contributed by atoms with Crippen molar-refractivity contribution in [2.24, 2.45) is 0 Å². The molecular weight excluding hydrogens is 200 g/mol. The molecule has 0 radical (unpaired) electrons. The fourth-order valence-corrected chi connectivity index (χ4v) is 0.744. The number of allylic oxidation sites excluding steroid dienone is 1. The summed E-state index contributed by atoms with van der Waals surface area (Å²) < 4.78 is 36.4. The SMILES string of the molecule is CC=CC(=O)OCCOS(=O)(=O)O. The molecule has 0 aliphatic carbocycles. The molecular formula is C6H10O6S. The van der Waals surface area contributed by atoms with Crippen molar-refractivity contribution in [1.29, 1.82) is 0 Å². The van der Waals surface area contributed by atoms with Crippen molar-refractivity contribution in [2.45, 2.75) is 6.92 Å². The molecule has 0 aliphatic heterocycles. The number of carbonyl (C=O) groups is 1. The van der Waals surface area contributed by atoms with Crippen molar-refractivity contribution in [2.75, 3.05) is 13.2 Å².